The minimum absolute atomic E-state index is 0. The molecule has 0 bridgehead atoms. The normalized spacial score (nSPS) is 9.80. The van der Waals surface area contributed by atoms with E-state index in [0.29, 0.717) is 0 Å². The molecule has 0 aliphatic heterocycles. The van der Waals surface area contributed by atoms with E-state index in [0.717, 1.165) is 0 Å². The Hall–Kier alpha value is 0.948. The number of hydrogen-bond donors (Lipinski definition) is 0. The first-order chi connectivity index (χ1) is 4.12. The van der Waals surface area contributed by atoms with Crippen molar-refractivity contribution in [3.05, 3.63) is 25.3 Å². The Morgan fingerprint density at radius 3 is 1.60 bits per heavy atom. The fourth-order valence-corrected chi connectivity index (χ4v) is 6.70. The van der Waals surface area contributed by atoms with Crippen LogP contribution in [-0.2, 0) is 0 Å². The van der Waals surface area contributed by atoms with Gasteiger partial charge in [0.15, 0.2) is 0 Å². The van der Waals surface area contributed by atoms with Gasteiger partial charge in [-0.1, -0.05) is 0 Å². The summed E-state index contributed by atoms with van der Waals surface area (Å²) in [5.74, 6) is 0. The maximum absolute atomic E-state index is 3.75. The van der Waals surface area contributed by atoms with E-state index in [1.165, 1.54) is 8.35 Å². The molecule has 0 rings (SSSR count). The maximum atomic E-state index is 3.75. The quantitative estimate of drug-likeness (QED) is 0.477. The largest absolute Gasteiger partial charge is 1.00 e. The summed E-state index contributed by atoms with van der Waals surface area (Å²) in [5, 5.41) is 0. The second kappa shape index (κ2) is 6.64. The molecule has 10 heavy (non-hydrogen) atoms. The monoisotopic (exact) mass is 234 g/mol. The first-order valence-corrected chi connectivity index (χ1v) is 14.9. The second-order valence-corrected chi connectivity index (χ2v) is 20.5. The van der Waals surface area contributed by atoms with Gasteiger partial charge in [0.25, 0.3) is 0 Å². The third-order valence-corrected chi connectivity index (χ3v) is 10.8. The zero-order valence-electron chi connectivity index (χ0n) is 7.56. The van der Waals surface area contributed by atoms with Crippen LogP contribution < -0.4 is 18.9 Å². The molecule has 0 aromatic carbocycles. The summed E-state index contributed by atoms with van der Waals surface area (Å²) in [4.78, 5) is 0. The number of rotatable bonds is 4. The van der Waals surface area contributed by atoms with Crippen LogP contribution in [0.25, 0.3) is 0 Å². The van der Waals surface area contributed by atoms with Crippen LogP contribution in [0, 0.1) is 0 Å². The first-order valence-electron chi connectivity index (χ1n) is 3.60. The van der Waals surface area contributed by atoms with Gasteiger partial charge in [0, 0.05) is 0 Å². The fourth-order valence-electron chi connectivity index (χ4n) is 0.999. The van der Waals surface area contributed by atoms with Crippen molar-refractivity contribution in [2.45, 2.75) is 17.7 Å². The van der Waals surface area contributed by atoms with Gasteiger partial charge in [-0.05, 0) is 0 Å². The number of allylic oxidation sites excluding steroid dienone is 2. The first kappa shape index (κ1) is 13.5. The van der Waals surface area contributed by atoms with Gasteiger partial charge in [0.2, 0.25) is 0 Å². The Balaban J connectivity index is 0. The van der Waals surface area contributed by atoms with Crippen LogP contribution in [0.3, 0.4) is 0 Å². The Morgan fingerprint density at radius 1 is 1.10 bits per heavy atom. The molecule has 0 saturated heterocycles. The van der Waals surface area contributed by atoms with E-state index in [4.69, 9.17) is 0 Å². The van der Waals surface area contributed by atoms with Crippen LogP contribution in [0.5, 0.6) is 0 Å². The van der Waals surface area contributed by atoms with E-state index in [1.807, 2.05) is 0 Å². The summed E-state index contributed by atoms with van der Waals surface area (Å²) in [6.45, 7) is 7.50. The van der Waals surface area contributed by atoms with Crippen molar-refractivity contribution in [2.75, 3.05) is 0 Å². The van der Waals surface area contributed by atoms with Gasteiger partial charge in [-0.25, -0.2) is 0 Å². The Labute approximate surface area is 81.3 Å². The zero-order valence-corrected chi connectivity index (χ0v) is 10.9. The van der Waals surface area contributed by atoms with Crippen molar-refractivity contribution >= 4 is 20.0 Å². The van der Waals surface area contributed by atoms with Crippen molar-refractivity contribution in [1.29, 1.82) is 0 Å². The van der Waals surface area contributed by atoms with Crippen molar-refractivity contribution in [1.82, 2.24) is 0 Å². The van der Waals surface area contributed by atoms with E-state index < -0.39 is 20.0 Å². The van der Waals surface area contributed by atoms with E-state index in [-0.39, 0.29) is 18.9 Å². The van der Waals surface area contributed by atoms with Crippen LogP contribution in [0.4, 0.5) is 0 Å². The molecule has 0 heterocycles. The number of hydrogen-bond acceptors (Lipinski definition) is 0. The summed E-state index contributed by atoms with van der Waals surface area (Å²) >= 11 is -1.70. The van der Waals surface area contributed by atoms with Crippen molar-refractivity contribution in [3.63, 3.8) is 0 Å². The third kappa shape index (κ3) is 7.06. The van der Waals surface area contributed by atoms with E-state index in [2.05, 4.69) is 34.7 Å². The Bertz CT molecular complexity index is 95.8. The molecule has 0 spiro atoms. The predicted molar refractivity (Wildman–Crippen MR) is 47.5 cm³/mol. The van der Waals surface area contributed by atoms with E-state index >= 15 is 0 Å². The molecule has 0 atom stereocenters. The van der Waals surface area contributed by atoms with Crippen LogP contribution in [0.2, 0.25) is 17.7 Å². The summed E-state index contributed by atoms with van der Waals surface area (Å²) < 4.78 is 7.45. The second-order valence-electron chi connectivity index (χ2n) is 3.55. The standard InChI is InChI=1S/2C3H5.2CH3.In.Li/c2*1-3-2;;;;/h2*3H,1-2H2;2*1H3;;/q;;;;-1;+1. The molecule has 0 N–H and O–H groups in total. The average molecular weight is 234 g/mol. The van der Waals surface area contributed by atoms with Gasteiger partial charge >= 0.3 is 81.9 Å². The van der Waals surface area contributed by atoms with Gasteiger partial charge in [-0.2, -0.15) is 0 Å². The molecule has 0 unspecified atom stereocenters. The smallest absolute Gasteiger partial charge is 1.00 e. The van der Waals surface area contributed by atoms with Crippen LogP contribution in [-0.4, -0.2) is 20.0 Å². The van der Waals surface area contributed by atoms with E-state index in [9.17, 15) is 0 Å². The minimum atomic E-state index is -1.70. The molecule has 0 aromatic heterocycles. The SMILES string of the molecule is C=C[CH2][In-]([CH3])([CH3])[CH2]C=C.[Li+]. The summed E-state index contributed by atoms with van der Waals surface area (Å²) in [6.07, 6.45) is 4.12. The van der Waals surface area contributed by atoms with Gasteiger partial charge in [-0.3, -0.25) is 0 Å². The molecule has 0 radical (unpaired) electrons. The molecule has 2 heteroatoms. The summed E-state index contributed by atoms with van der Waals surface area (Å²) in [7, 11) is 0. The Kier molecular flexibility index (Phi) is 8.99. The van der Waals surface area contributed by atoms with Crippen molar-refractivity contribution in [3.8, 4) is 0 Å². The van der Waals surface area contributed by atoms with Crippen LogP contribution >= 0.6 is 0 Å². The van der Waals surface area contributed by atoms with Gasteiger partial charge in [0.1, 0.15) is 0 Å². The van der Waals surface area contributed by atoms with Crippen LogP contribution in [0.1, 0.15) is 0 Å². The van der Waals surface area contributed by atoms with E-state index in [1.54, 1.807) is 0 Å². The molecular formula is C8H16InLi. The molecule has 0 nitrogen and oxygen atoms in total. The fraction of sp³-hybridized carbons (Fsp3) is 0.500. The maximum Gasteiger partial charge on any atom is 1.00 e. The van der Waals surface area contributed by atoms with Gasteiger partial charge in [-0.15, -0.1) is 0 Å². The van der Waals surface area contributed by atoms with Crippen LogP contribution in [0.15, 0.2) is 25.3 Å². The molecule has 0 aliphatic rings. The van der Waals surface area contributed by atoms with Crippen molar-refractivity contribution < 1.29 is 18.9 Å². The molecule has 0 aromatic rings. The summed E-state index contributed by atoms with van der Waals surface area (Å²) in [6, 6.07) is 0. The molecule has 52 valence electrons. The molecule has 0 aliphatic carbocycles. The Morgan fingerprint density at radius 2 is 1.40 bits per heavy atom. The van der Waals surface area contributed by atoms with Crippen molar-refractivity contribution in [2.24, 2.45) is 0 Å². The average Bonchev–Trinajstić information content (AvgIpc) is 1.64. The topological polar surface area (TPSA) is 0 Å². The molecule has 0 fully saturated rings. The molecular weight excluding hydrogens is 218 g/mol. The zero-order chi connectivity index (χ0) is 7.33. The molecule has 0 amide bonds. The van der Waals surface area contributed by atoms with Gasteiger partial charge < -0.3 is 0 Å². The minimum Gasteiger partial charge on any atom is 1.00 e. The predicted octanol–water partition coefficient (Wildman–Crippen LogP) is 0.0708. The third-order valence-electron chi connectivity index (χ3n) is 1.61. The summed E-state index contributed by atoms with van der Waals surface area (Å²) in [5.41, 5.74) is 0. The van der Waals surface area contributed by atoms with Gasteiger partial charge in [0.05, 0.1) is 0 Å². The molecule has 0 saturated carbocycles.